The van der Waals surface area contributed by atoms with Crippen LogP contribution in [0.15, 0.2) is 16.7 Å². The molecule has 0 aliphatic rings. The number of hydrogen-bond acceptors (Lipinski definition) is 3. The highest BCUT2D eigenvalue weighted by Gasteiger charge is 2.14. The van der Waals surface area contributed by atoms with Gasteiger partial charge in [0.25, 0.3) is 0 Å². The molecule has 2 aromatic rings. The minimum atomic E-state index is 0.348. The van der Waals surface area contributed by atoms with Crippen LogP contribution < -0.4 is 0 Å². The van der Waals surface area contributed by atoms with Gasteiger partial charge in [-0.3, -0.25) is 0 Å². The van der Waals surface area contributed by atoms with Crippen molar-refractivity contribution in [2.24, 2.45) is 0 Å². The number of pyridine rings is 1. The average Bonchev–Trinajstić information content (AvgIpc) is 2.59. The van der Waals surface area contributed by atoms with Gasteiger partial charge in [-0.1, -0.05) is 32.9 Å². The van der Waals surface area contributed by atoms with E-state index in [9.17, 15) is 0 Å². The first kappa shape index (κ1) is 10.1. The molecule has 2 heterocycles. The summed E-state index contributed by atoms with van der Waals surface area (Å²) in [7, 11) is 0. The van der Waals surface area contributed by atoms with Gasteiger partial charge in [0, 0.05) is 11.6 Å². The number of fused-ring (bicyclic) bond motifs is 1. The zero-order valence-corrected chi connectivity index (χ0v) is 9.61. The fourth-order valence-electron chi connectivity index (χ4n) is 1.56. The summed E-state index contributed by atoms with van der Waals surface area (Å²) in [6.07, 6.45) is 0. The van der Waals surface area contributed by atoms with Gasteiger partial charge in [0.15, 0.2) is 5.58 Å². The van der Waals surface area contributed by atoms with Gasteiger partial charge in [0.2, 0.25) is 0 Å². The second kappa shape index (κ2) is 3.65. The summed E-state index contributed by atoms with van der Waals surface area (Å²) in [6, 6.07) is 3.96. The molecule has 0 atom stereocenters. The molecule has 80 valence electrons. The highest BCUT2D eigenvalue weighted by atomic mass is 16.5. The summed E-state index contributed by atoms with van der Waals surface area (Å²) in [5, 5.41) is 4.06. The Labute approximate surface area is 89.5 Å². The van der Waals surface area contributed by atoms with Crippen LogP contribution in [0, 0.1) is 0 Å². The molecule has 0 fully saturated rings. The van der Waals surface area contributed by atoms with Crippen molar-refractivity contribution >= 4 is 11.1 Å². The molecule has 0 spiro atoms. The van der Waals surface area contributed by atoms with Crippen molar-refractivity contribution in [2.75, 3.05) is 0 Å². The molecule has 0 aliphatic heterocycles. The molecular formula is C12H16N2O. The lowest BCUT2D eigenvalue weighted by atomic mass is 10.1. The molecule has 2 rings (SSSR count). The van der Waals surface area contributed by atoms with E-state index < -0.39 is 0 Å². The Morgan fingerprint density at radius 1 is 1.07 bits per heavy atom. The van der Waals surface area contributed by atoms with Crippen LogP contribution in [0.25, 0.3) is 11.1 Å². The second-order valence-corrected chi connectivity index (χ2v) is 4.46. The standard InChI is InChI=1S/C12H16N2O/c1-7(2)9-5-6-10-12(13-9)11(8(3)4)14-15-10/h5-8H,1-4H3. The molecule has 15 heavy (non-hydrogen) atoms. The lowest BCUT2D eigenvalue weighted by Crippen LogP contribution is -1.94. The Kier molecular flexibility index (Phi) is 2.47. The van der Waals surface area contributed by atoms with E-state index in [1.807, 2.05) is 12.1 Å². The van der Waals surface area contributed by atoms with Crippen LogP contribution in [-0.2, 0) is 0 Å². The fourth-order valence-corrected chi connectivity index (χ4v) is 1.56. The number of nitrogens with zero attached hydrogens (tertiary/aromatic N) is 2. The van der Waals surface area contributed by atoms with Crippen LogP contribution >= 0.6 is 0 Å². The van der Waals surface area contributed by atoms with Crippen molar-refractivity contribution in [1.82, 2.24) is 10.1 Å². The third kappa shape index (κ3) is 1.74. The van der Waals surface area contributed by atoms with Gasteiger partial charge in [-0.2, -0.15) is 0 Å². The number of rotatable bonds is 2. The molecule has 0 aliphatic carbocycles. The monoisotopic (exact) mass is 204 g/mol. The first-order chi connectivity index (χ1) is 7.09. The van der Waals surface area contributed by atoms with Gasteiger partial charge in [0.05, 0.1) is 0 Å². The van der Waals surface area contributed by atoms with E-state index in [1.54, 1.807) is 0 Å². The molecule has 2 aromatic heterocycles. The summed E-state index contributed by atoms with van der Waals surface area (Å²) in [5.41, 5.74) is 3.74. The Morgan fingerprint density at radius 3 is 2.40 bits per heavy atom. The molecule has 0 amide bonds. The lowest BCUT2D eigenvalue weighted by molar-refractivity contribution is 0.441. The third-order valence-corrected chi connectivity index (χ3v) is 2.50. The van der Waals surface area contributed by atoms with Crippen LogP contribution in [0.3, 0.4) is 0 Å². The van der Waals surface area contributed by atoms with E-state index in [-0.39, 0.29) is 0 Å². The van der Waals surface area contributed by atoms with Gasteiger partial charge >= 0.3 is 0 Å². The molecule has 0 bridgehead atoms. The van der Waals surface area contributed by atoms with Crippen molar-refractivity contribution in [3.05, 3.63) is 23.5 Å². The molecule has 0 aromatic carbocycles. The summed E-state index contributed by atoms with van der Waals surface area (Å²) < 4.78 is 5.23. The molecule has 0 N–H and O–H groups in total. The van der Waals surface area contributed by atoms with Crippen molar-refractivity contribution in [2.45, 2.75) is 39.5 Å². The summed E-state index contributed by atoms with van der Waals surface area (Å²) in [4.78, 5) is 4.60. The predicted octanol–water partition coefficient (Wildman–Crippen LogP) is 3.47. The maximum atomic E-state index is 5.23. The van der Waals surface area contributed by atoms with Gasteiger partial charge < -0.3 is 4.52 Å². The van der Waals surface area contributed by atoms with E-state index in [2.05, 4.69) is 37.8 Å². The van der Waals surface area contributed by atoms with Gasteiger partial charge in [0.1, 0.15) is 11.2 Å². The van der Waals surface area contributed by atoms with E-state index in [0.717, 1.165) is 22.5 Å². The molecule has 0 saturated heterocycles. The summed E-state index contributed by atoms with van der Waals surface area (Å²) in [5.74, 6) is 0.783. The highest BCUT2D eigenvalue weighted by Crippen LogP contribution is 2.24. The van der Waals surface area contributed by atoms with Crippen molar-refractivity contribution in [3.63, 3.8) is 0 Å². The number of aromatic nitrogens is 2. The van der Waals surface area contributed by atoms with Gasteiger partial charge in [-0.05, 0) is 18.1 Å². The number of hydrogen-bond donors (Lipinski definition) is 0. The SMILES string of the molecule is CC(C)c1ccc2onc(C(C)C)c2n1. The van der Waals surface area contributed by atoms with Gasteiger partial charge in [-0.25, -0.2) is 4.98 Å². The van der Waals surface area contributed by atoms with E-state index in [1.165, 1.54) is 0 Å². The minimum Gasteiger partial charge on any atom is -0.354 e. The first-order valence-corrected chi connectivity index (χ1v) is 5.35. The smallest absolute Gasteiger partial charge is 0.185 e. The van der Waals surface area contributed by atoms with E-state index >= 15 is 0 Å². The summed E-state index contributed by atoms with van der Waals surface area (Å²) >= 11 is 0. The Hall–Kier alpha value is -1.38. The largest absolute Gasteiger partial charge is 0.354 e. The molecule has 0 unspecified atom stereocenters. The fraction of sp³-hybridized carbons (Fsp3) is 0.500. The highest BCUT2D eigenvalue weighted by molar-refractivity contribution is 5.75. The Bertz CT molecular complexity index is 471. The maximum Gasteiger partial charge on any atom is 0.185 e. The molecule has 3 nitrogen and oxygen atoms in total. The second-order valence-electron chi connectivity index (χ2n) is 4.46. The quantitative estimate of drug-likeness (QED) is 0.751. The molecule has 0 radical (unpaired) electrons. The Morgan fingerprint density at radius 2 is 1.80 bits per heavy atom. The topological polar surface area (TPSA) is 38.9 Å². The van der Waals surface area contributed by atoms with Crippen LogP contribution in [0.4, 0.5) is 0 Å². The predicted molar refractivity (Wildman–Crippen MR) is 60.0 cm³/mol. The normalized spacial score (nSPS) is 11.9. The van der Waals surface area contributed by atoms with Crippen molar-refractivity contribution in [3.8, 4) is 0 Å². The minimum absolute atomic E-state index is 0.348. The first-order valence-electron chi connectivity index (χ1n) is 5.35. The zero-order valence-electron chi connectivity index (χ0n) is 9.61. The van der Waals surface area contributed by atoms with Crippen LogP contribution in [0.2, 0.25) is 0 Å². The van der Waals surface area contributed by atoms with Crippen LogP contribution in [0.1, 0.15) is 50.9 Å². The molecule has 0 saturated carbocycles. The van der Waals surface area contributed by atoms with Crippen LogP contribution in [0.5, 0.6) is 0 Å². The van der Waals surface area contributed by atoms with Gasteiger partial charge in [-0.15, -0.1) is 0 Å². The molecule has 3 heteroatoms. The maximum absolute atomic E-state index is 5.23. The zero-order chi connectivity index (χ0) is 11.0. The third-order valence-electron chi connectivity index (χ3n) is 2.50. The molecular weight excluding hydrogens is 188 g/mol. The van der Waals surface area contributed by atoms with Crippen molar-refractivity contribution < 1.29 is 4.52 Å². The van der Waals surface area contributed by atoms with E-state index in [0.29, 0.717) is 11.8 Å². The van der Waals surface area contributed by atoms with E-state index in [4.69, 9.17) is 4.52 Å². The van der Waals surface area contributed by atoms with Crippen molar-refractivity contribution in [1.29, 1.82) is 0 Å². The summed E-state index contributed by atoms with van der Waals surface area (Å²) in [6.45, 7) is 8.47. The Balaban J connectivity index is 2.61. The van der Waals surface area contributed by atoms with Crippen LogP contribution in [-0.4, -0.2) is 10.1 Å². The average molecular weight is 204 g/mol. The lowest BCUT2D eigenvalue weighted by Gasteiger charge is -2.04.